The van der Waals surface area contributed by atoms with Crippen LogP contribution in [0.25, 0.3) is 0 Å². The van der Waals surface area contributed by atoms with Gasteiger partial charge < -0.3 is 26.0 Å². The molecule has 1 fully saturated rings. The molecule has 1 rings (SSSR count). The number of amides is 2. The second-order valence-corrected chi connectivity index (χ2v) is 4.27. The van der Waals surface area contributed by atoms with E-state index in [0.717, 1.165) is 4.90 Å². The van der Waals surface area contributed by atoms with Gasteiger partial charge in [0.05, 0.1) is 12.1 Å². The number of aliphatic hydroxyl groups excluding tert-OH is 3. The molecular formula is C11H18N2O5. The number of likely N-dealkylation sites (tertiary alicyclic amines) is 1. The molecule has 0 aromatic heterocycles. The third-order valence-electron chi connectivity index (χ3n) is 2.99. The minimum atomic E-state index is -1.70. The van der Waals surface area contributed by atoms with Gasteiger partial charge in [-0.3, -0.25) is 9.59 Å². The summed E-state index contributed by atoms with van der Waals surface area (Å²) >= 11 is 0. The van der Waals surface area contributed by atoms with Gasteiger partial charge in [-0.2, -0.15) is 0 Å². The molecule has 4 atom stereocenters. The summed E-state index contributed by atoms with van der Waals surface area (Å²) < 4.78 is 0. The first kappa shape index (κ1) is 14.6. The van der Waals surface area contributed by atoms with Gasteiger partial charge >= 0.3 is 0 Å². The average molecular weight is 258 g/mol. The molecular weight excluding hydrogens is 240 g/mol. The summed E-state index contributed by atoms with van der Waals surface area (Å²) in [6, 6.07) is -1.20. The highest BCUT2D eigenvalue weighted by molar-refractivity contribution is 5.82. The molecule has 0 saturated carbocycles. The van der Waals surface area contributed by atoms with Crippen molar-refractivity contribution >= 4 is 11.8 Å². The van der Waals surface area contributed by atoms with Crippen molar-refractivity contribution in [1.29, 1.82) is 0 Å². The van der Waals surface area contributed by atoms with Gasteiger partial charge in [-0.25, -0.2) is 0 Å². The molecule has 102 valence electrons. The standard InChI is InChI=1S/C11H18N2O5/c1-2-3-4-7(15)13-5-6(14)9(16)8(13)10(17)11(12)18/h2,6,8-10,14,16-17H,1,3-5H2,(H2,12,18)/t6-,8-,9-,10-/m1/s1. The van der Waals surface area contributed by atoms with Crippen LogP contribution in [-0.4, -0.2) is 62.9 Å². The molecule has 0 aromatic carbocycles. The minimum Gasteiger partial charge on any atom is -0.388 e. The molecule has 0 spiro atoms. The fourth-order valence-corrected chi connectivity index (χ4v) is 2.01. The minimum absolute atomic E-state index is 0.130. The van der Waals surface area contributed by atoms with E-state index in [4.69, 9.17) is 5.73 Å². The Labute approximate surface area is 104 Å². The largest absolute Gasteiger partial charge is 0.388 e. The van der Waals surface area contributed by atoms with Crippen LogP contribution in [0.4, 0.5) is 0 Å². The van der Waals surface area contributed by atoms with E-state index in [1.165, 1.54) is 0 Å². The lowest BCUT2D eigenvalue weighted by atomic mass is 10.0. The summed E-state index contributed by atoms with van der Waals surface area (Å²) in [7, 11) is 0. The molecule has 7 heteroatoms. The van der Waals surface area contributed by atoms with Gasteiger partial charge in [0.25, 0.3) is 0 Å². The normalized spacial score (nSPS) is 29.1. The number of carbonyl (C=O) groups is 2. The Bertz CT molecular complexity index is 346. The molecule has 0 unspecified atom stereocenters. The van der Waals surface area contributed by atoms with E-state index in [2.05, 4.69) is 6.58 Å². The van der Waals surface area contributed by atoms with Crippen LogP contribution in [0.2, 0.25) is 0 Å². The second kappa shape index (κ2) is 5.94. The van der Waals surface area contributed by atoms with Crippen LogP contribution in [0.1, 0.15) is 12.8 Å². The number of primary amides is 1. The van der Waals surface area contributed by atoms with Gasteiger partial charge in [0.1, 0.15) is 6.10 Å². The molecule has 1 heterocycles. The Morgan fingerprint density at radius 2 is 2.11 bits per heavy atom. The van der Waals surface area contributed by atoms with Crippen molar-refractivity contribution in [3.8, 4) is 0 Å². The maximum atomic E-state index is 11.8. The van der Waals surface area contributed by atoms with E-state index in [-0.39, 0.29) is 18.9 Å². The first-order valence-corrected chi connectivity index (χ1v) is 5.64. The quantitative estimate of drug-likeness (QED) is 0.414. The maximum Gasteiger partial charge on any atom is 0.248 e. The van der Waals surface area contributed by atoms with Gasteiger partial charge in [-0.15, -0.1) is 6.58 Å². The van der Waals surface area contributed by atoms with E-state index in [9.17, 15) is 24.9 Å². The lowest BCUT2D eigenvalue weighted by Crippen LogP contribution is -2.52. The molecule has 0 aliphatic carbocycles. The van der Waals surface area contributed by atoms with Crippen molar-refractivity contribution in [3.05, 3.63) is 12.7 Å². The molecule has 5 N–H and O–H groups in total. The number of allylic oxidation sites excluding steroid dienone is 1. The molecule has 18 heavy (non-hydrogen) atoms. The first-order chi connectivity index (χ1) is 8.40. The van der Waals surface area contributed by atoms with Gasteiger partial charge in [0.2, 0.25) is 11.8 Å². The summed E-state index contributed by atoms with van der Waals surface area (Å²) in [5, 5.41) is 28.8. The molecule has 2 amide bonds. The Kier molecular flexibility index (Phi) is 4.83. The van der Waals surface area contributed by atoms with Crippen molar-refractivity contribution in [2.45, 2.75) is 37.2 Å². The highest BCUT2D eigenvalue weighted by Gasteiger charge is 2.47. The predicted molar refractivity (Wildman–Crippen MR) is 62.1 cm³/mol. The SMILES string of the molecule is C=CCCC(=O)N1C[C@@H](O)[C@@H](O)[C@@H]1[C@@H](O)C(N)=O. The topological polar surface area (TPSA) is 124 Å². The number of β-amino-alcohol motifs (C(OH)–C–C–N with tert-alkyl or cyclic N) is 1. The van der Waals surface area contributed by atoms with Crippen molar-refractivity contribution < 1.29 is 24.9 Å². The Morgan fingerprint density at radius 3 is 2.61 bits per heavy atom. The van der Waals surface area contributed by atoms with Crippen LogP contribution in [0, 0.1) is 0 Å². The first-order valence-electron chi connectivity index (χ1n) is 5.64. The average Bonchev–Trinajstić information content (AvgIpc) is 2.62. The fourth-order valence-electron chi connectivity index (χ4n) is 2.01. The Balaban J connectivity index is 2.84. The lowest BCUT2D eigenvalue weighted by molar-refractivity contribution is -0.140. The molecule has 1 aliphatic rings. The van der Waals surface area contributed by atoms with Gasteiger partial charge in [0.15, 0.2) is 6.10 Å². The fraction of sp³-hybridized carbons (Fsp3) is 0.636. The van der Waals surface area contributed by atoms with E-state index >= 15 is 0 Å². The zero-order chi connectivity index (χ0) is 13.9. The summed E-state index contributed by atoms with van der Waals surface area (Å²) in [5.74, 6) is -1.43. The van der Waals surface area contributed by atoms with Crippen molar-refractivity contribution in [1.82, 2.24) is 4.90 Å². The molecule has 0 radical (unpaired) electrons. The summed E-state index contributed by atoms with van der Waals surface area (Å²) in [6.45, 7) is 3.35. The van der Waals surface area contributed by atoms with Gasteiger partial charge in [-0.1, -0.05) is 6.08 Å². The monoisotopic (exact) mass is 258 g/mol. The van der Waals surface area contributed by atoms with Crippen molar-refractivity contribution in [2.24, 2.45) is 5.73 Å². The zero-order valence-electron chi connectivity index (χ0n) is 9.90. The van der Waals surface area contributed by atoms with E-state index in [1.807, 2.05) is 0 Å². The van der Waals surface area contributed by atoms with Crippen LogP contribution in [0.5, 0.6) is 0 Å². The highest BCUT2D eigenvalue weighted by Crippen LogP contribution is 2.23. The lowest BCUT2D eigenvalue weighted by Gasteiger charge is -2.28. The van der Waals surface area contributed by atoms with Gasteiger partial charge in [0, 0.05) is 13.0 Å². The number of hydrogen-bond acceptors (Lipinski definition) is 5. The van der Waals surface area contributed by atoms with E-state index in [0.29, 0.717) is 6.42 Å². The summed E-state index contributed by atoms with van der Waals surface area (Å²) in [5.41, 5.74) is 4.95. The molecule has 1 aliphatic heterocycles. The Morgan fingerprint density at radius 1 is 1.50 bits per heavy atom. The van der Waals surface area contributed by atoms with E-state index in [1.54, 1.807) is 6.08 Å². The third-order valence-corrected chi connectivity index (χ3v) is 2.99. The number of carbonyl (C=O) groups excluding carboxylic acids is 2. The van der Waals surface area contributed by atoms with Crippen LogP contribution in [0.15, 0.2) is 12.7 Å². The number of aliphatic hydroxyl groups is 3. The summed E-state index contributed by atoms with van der Waals surface area (Å²) in [4.78, 5) is 23.9. The molecule has 1 saturated heterocycles. The molecule has 7 nitrogen and oxygen atoms in total. The zero-order valence-corrected chi connectivity index (χ0v) is 9.90. The maximum absolute atomic E-state index is 11.8. The molecule has 0 bridgehead atoms. The number of nitrogens with zero attached hydrogens (tertiary/aromatic N) is 1. The summed E-state index contributed by atoms with van der Waals surface area (Å²) in [6.07, 6.45) is -2.17. The predicted octanol–water partition coefficient (Wildman–Crippen LogP) is -2.27. The van der Waals surface area contributed by atoms with Crippen LogP contribution in [0.3, 0.4) is 0 Å². The Hall–Kier alpha value is -1.44. The second-order valence-electron chi connectivity index (χ2n) is 4.27. The number of hydrogen-bond donors (Lipinski definition) is 4. The van der Waals surface area contributed by atoms with E-state index < -0.39 is 30.3 Å². The molecule has 0 aromatic rings. The number of nitrogens with two attached hydrogens (primary N) is 1. The van der Waals surface area contributed by atoms with Crippen LogP contribution in [-0.2, 0) is 9.59 Å². The van der Waals surface area contributed by atoms with Crippen LogP contribution < -0.4 is 5.73 Å². The third kappa shape index (κ3) is 2.87. The highest BCUT2D eigenvalue weighted by atomic mass is 16.3. The van der Waals surface area contributed by atoms with Crippen LogP contribution >= 0.6 is 0 Å². The van der Waals surface area contributed by atoms with Gasteiger partial charge in [-0.05, 0) is 6.42 Å². The number of rotatable bonds is 5. The van der Waals surface area contributed by atoms with Crippen molar-refractivity contribution in [2.75, 3.05) is 6.54 Å². The van der Waals surface area contributed by atoms with Crippen molar-refractivity contribution in [3.63, 3.8) is 0 Å². The smallest absolute Gasteiger partial charge is 0.248 e.